The van der Waals surface area contributed by atoms with Crippen LogP contribution >= 0.6 is 11.8 Å². The number of thioether (sulfide) groups is 1. The Kier molecular flexibility index (Phi) is 5.31. The molecule has 1 heterocycles. The first-order chi connectivity index (χ1) is 13.6. The molecule has 0 atom stereocenters. The SMILES string of the molecule is CSC1=Nc2ccc(Oc3ccc(C)cc3)cc2N=C(c2ccc(C)cc2)C1. The highest BCUT2D eigenvalue weighted by Crippen LogP contribution is 2.37. The summed E-state index contributed by atoms with van der Waals surface area (Å²) >= 11 is 1.67. The summed E-state index contributed by atoms with van der Waals surface area (Å²) in [5.74, 6) is 1.58. The fourth-order valence-corrected chi connectivity index (χ4v) is 3.50. The van der Waals surface area contributed by atoms with Crippen molar-refractivity contribution in [2.75, 3.05) is 6.26 Å². The van der Waals surface area contributed by atoms with Crippen LogP contribution in [0.1, 0.15) is 23.1 Å². The Hall–Kier alpha value is -2.85. The van der Waals surface area contributed by atoms with E-state index >= 15 is 0 Å². The average Bonchev–Trinajstić information content (AvgIpc) is 2.89. The molecule has 1 aliphatic rings. The van der Waals surface area contributed by atoms with E-state index in [9.17, 15) is 0 Å². The molecule has 3 aromatic rings. The molecule has 4 heteroatoms. The van der Waals surface area contributed by atoms with Gasteiger partial charge < -0.3 is 4.74 Å². The van der Waals surface area contributed by atoms with Crippen LogP contribution in [-0.4, -0.2) is 17.0 Å². The van der Waals surface area contributed by atoms with E-state index in [2.05, 4.69) is 44.4 Å². The summed E-state index contributed by atoms with van der Waals surface area (Å²) in [6.45, 7) is 4.16. The molecule has 0 saturated heterocycles. The third kappa shape index (κ3) is 4.18. The highest BCUT2D eigenvalue weighted by Gasteiger charge is 2.15. The Balaban J connectivity index is 1.72. The molecule has 0 N–H and O–H groups in total. The molecule has 3 aromatic carbocycles. The Morgan fingerprint density at radius 2 is 1.39 bits per heavy atom. The highest BCUT2D eigenvalue weighted by molar-refractivity contribution is 8.13. The van der Waals surface area contributed by atoms with Crippen LogP contribution in [0.3, 0.4) is 0 Å². The van der Waals surface area contributed by atoms with Crippen LogP contribution in [0.25, 0.3) is 0 Å². The van der Waals surface area contributed by atoms with Gasteiger partial charge in [0, 0.05) is 12.5 Å². The quantitative estimate of drug-likeness (QED) is 0.485. The number of benzene rings is 3. The summed E-state index contributed by atoms with van der Waals surface area (Å²) in [4.78, 5) is 9.78. The summed E-state index contributed by atoms with van der Waals surface area (Å²) < 4.78 is 6.03. The van der Waals surface area contributed by atoms with Crippen molar-refractivity contribution in [2.45, 2.75) is 20.3 Å². The average molecular weight is 387 g/mol. The number of hydrogen-bond donors (Lipinski definition) is 0. The van der Waals surface area contributed by atoms with Crippen molar-refractivity contribution in [3.63, 3.8) is 0 Å². The smallest absolute Gasteiger partial charge is 0.129 e. The van der Waals surface area contributed by atoms with E-state index in [-0.39, 0.29) is 0 Å². The van der Waals surface area contributed by atoms with E-state index in [1.807, 2.05) is 42.5 Å². The van der Waals surface area contributed by atoms with Gasteiger partial charge in [-0.25, -0.2) is 9.98 Å². The largest absolute Gasteiger partial charge is 0.457 e. The van der Waals surface area contributed by atoms with Gasteiger partial charge in [-0.2, -0.15) is 0 Å². The van der Waals surface area contributed by atoms with E-state index in [4.69, 9.17) is 14.7 Å². The summed E-state index contributed by atoms with van der Waals surface area (Å²) in [6, 6.07) is 22.4. The van der Waals surface area contributed by atoms with Crippen LogP contribution in [0.5, 0.6) is 11.5 Å². The van der Waals surface area contributed by atoms with Crippen molar-refractivity contribution in [1.82, 2.24) is 0 Å². The Morgan fingerprint density at radius 3 is 2.07 bits per heavy atom. The van der Waals surface area contributed by atoms with Crippen molar-refractivity contribution in [2.24, 2.45) is 9.98 Å². The number of aryl methyl sites for hydroxylation is 2. The summed E-state index contributed by atoms with van der Waals surface area (Å²) in [6.07, 6.45) is 2.79. The van der Waals surface area contributed by atoms with Crippen molar-refractivity contribution in [1.29, 1.82) is 0 Å². The first kappa shape index (κ1) is 18.5. The lowest BCUT2D eigenvalue weighted by molar-refractivity contribution is 0.483. The Bertz CT molecular complexity index is 1050. The van der Waals surface area contributed by atoms with E-state index in [1.54, 1.807) is 11.8 Å². The maximum Gasteiger partial charge on any atom is 0.129 e. The first-order valence-corrected chi connectivity index (χ1v) is 10.5. The second-order valence-corrected chi connectivity index (χ2v) is 7.76. The lowest BCUT2D eigenvalue weighted by Gasteiger charge is -2.08. The maximum absolute atomic E-state index is 6.03. The Morgan fingerprint density at radius 1 is 0.750 bits per heavy atom. The lowest BCUT2D eigenvalue weighted by Crippen LogP contribution is -2.05. The van der Waals surface area contributed by atoms with Crippen LogP contribution in [0.2, 0.25) is 0 Å². The lowest BCUT2D eigenvalue weighted by atomic mass is 10.1. The fraction of sp³-hybridized carbons (Fsp3) is 0.167. The third-order valence-electron chi connectivity index (χ3n) is 4.64. The minimum Gasteiger partial charge on any atom is -0.457 e. The Labute approximate surface area is 170 Å². The predicted molar refractivity (Wildman–Crippen MR) is 120 cm³/mol. The van der Waals surface area contributed by atoms with Gasteiger partial charge in [-0.05, 0) is 49.9 Å². The van der Waals surface area contributed by atoms with E-state index in [0.29, 0.717) is 0 Å². The van der Waals surface area contributed by atoms with Crippen molar-refractivity contribution < 1.29 is 4.74 Å². The molecule has 0 unspecified atom stereocenters. The predicted octanol–water partition coefficient (Wildman–Crippen LogP) is 7.01. The van der Waals surface area contributed by atoms with Crippen molar-refractivity contribution >= 4 is 33.9 Å². The standard InChI is InChI=1S/C24H22N2OS/c1-16-4-8-18(9-5-16)22-15-24(28-3)26-21-13-12-20(14-23(21)25-22)27-19-10-6-17(2)7-11-19/h4-14H,15H2,1-3H3. The number of hydrogen-bond acceptors (Lipinski definition) is 4. The van der Waals surface area contributed by atoms with Crippen LogP contribution in [0, 0.1) is 13.8 Å². The van der Waals surface area contributed by atoms with Crippen LogP contribution in [0.4, 0.5) is 11.4 Å². The van der Waals surface area contributed by atoms with Gasteiger partial charge in [0.1, 0.15) is 11.5 Å². The zero-order valence-electron chi connectivity index (χ0n) is 16.3. The summed E-state index contributed by atoms with van der Waals surface area (Å²) in [5.41, 5.74) is 6.32. The number of ether oxygens (including phenoxy) is 1. The molecular weight excluding hydrogens is 364 g/mol. The summed E-state index contributed by atoms with van der Waals surface area (Å²) in [5, 5.41) is 1.06. The highest BCUT2D eigenvalue weighted by atomic mass is 32.2. The first-order valence-electron chi connectivity index (χ1n) is 9.25. The van der Waals surface area contributed by atoms with Gasteiger partial charge in [-0.1, -0.05) is 47.5 Å². The molecule has 0 saturated carbocycles. The van der Waals surface area contributed by atoms with E-state index in [0.717, 1.165) is 45.6 Å². The number of nitrogens with zero attached hydrogens (tertiary/aromatic N) is 2. The zero-order valence-corrected chi connectivity index (χ0v) is 17.1. The zero-order chi connectivity index (χ0) is 19.5. The normalized spacial score (nSPS) is 13.2. The molecule has 0 spiro atoms. The maximum atomic E-state index is 6.03. The van der Waals surface area contributed by atoms with Crippen LogP contribution < -0.4 is 4.74 Å². The van der Waals surface area contributed by atoms with E-state index in [1.165, 1.54) is 11.1 Å². The molecule has 140 valence electrons. The van der Waals surface area contributed by atoms with Gasteiger partial charge in [0.15, 0.2) is 0 Å². The molecule has 3 nitrogen and oxygen atoms in total. The number of rotatable bonds is 3. The molecule has 0 radical (unpaired) electrons. The molecule has 0 aromatic heterocycles. The fourth-order valence-electron chi connectivity index (χ4n) is 3.03. The molecular formula is C24H22N2OS. The minimum atomic E-state index is 0.729. The number of fused-ring (bicyclic) bond motifs is 1. The number of aliphatic imine (C=N–C) groups is 2. The molecule has 0 aliphatic carbocycles. The molecule has 4 rings (SSSR count). The van der Waals surface area contributed by atoms with Crippen molar-refractivity contribution in [3.8, 4) is 11.5 Å². The van der Waals surface area contributed by atoms with Crippen LogP contribution in [-0.2, 0) is 0 Å². The second kappa shape index (κ2) is 8.03. The van der Waals surface area contributed by atoms with E-state index < -0.39 is 0 Å². The van der Waals surface area contributed by atoms with Gasteiger partial charge >= 0.3 is 0 Å². The van der Waals surface area contributed by atoms with Gasteiger partial charge in [-0.15, -0.1) is 11.8 Å². The van der Waals surface area contributed by atoms with Crippen molar-refractivity contribution in [3.05, 3.63) is 83.4 Å². The third-order valence-corrected chi connectivity index (χ3v) is 5.35. The monoisotopic (exact) mass is 386 g/mol. The molecule has 0 amide bonds. The molecule has 0 fully saturated rings. The summed E-state index contributed by atoms with van der Waals surface area (Å²) in [7, 11) is 0. The van der Waals surface area contributed by atoms with Gasteiger partial charge in [0.2, 0.25) is 0 Å². The van der Waals surface area contributed by atoms with Crippen LogP contribution in [0.15, 0.2) is 76.7 Å². The minimum absolute atomic E-state index is 0.729. The van der Waals surface area contributed by atoms with Gasteiger partial charge in [0.25, 0.3) is 0 Å². The molecule has 1 aliphatic heterocycles. The van der Waals surface area contributed by atoms with Gasteiger partial charge in [0.05, 0.1) is 22.1 Å². The topological polar surface area (TPSA) is 34.0 Å². The molecule has 28 heavy (non-hydrogen) atoms. The van der Waals surface area contributed by atoms with Gasteiger partial charge in [-0.3, -0.25) is 0 Å². The molecule has 0 bridgehead atoms. The second-order valence-electron chi connectivity index (χ2n) is 6.88.